The number of hydrogen-bond acceptors (Lipinski definition) is 4. The number of nitro groups is 1. The number of alkyl halides is 2. The number of benzene rings is 1. The van der Waals surface area contributed by atoms with Gasteiger partial charge in [0, 0.05) is 10.5 Å². The van der Waals surface area contributed by atoms with Gasteiger partial charge in [0.25, 0.3) is 5.69 Å². The molecule has 8 heteroatoms. The van der Waals surface area contributed by atoms with E-state index in [2.05, 4.69) is 20.7 Å². The molecule has 0 heterocycles. The fourth-order valence-corrected chi connectivity index (χ4v) is 1.35. The standard InChI is InChI=1S/C7H5BrF2N2O3/c8-3-1-4(12(13)14)6(11)5(2-3)15-7(9)10/h1-2,7H,11H2. The normalized spacial score (nSPS) is 10.4. The third-order valence-electron chi connectivity index (χ3n) is 1.50. The molecular weight excluding hydrogens is 278 g/mol. The number of nitro benzene ring substituents is 1. The molecule has 0 aliphatic heterocycles. The van der Waals surface area contributed by atoms with E-state index in [-0.39, 0.29) is 4.47 Å². The van der Waals surface area contributed by atoms with Crippen LogP contribution in [0.4, 0.5) is 20.2 Å². The molecule has 5 nitrogen and oxygen atoms in total. The summed E-state index contributed by atoms with van der Waals surface area (Å²) in [6.07, 6.45) is 0. The van der Waals surface area contributed by atoms with Crippen LogP contribution in [0.5, 0.6) is 5.75 Å². The van der Waals surface area contributed by atoms with E-state index < -0.39 is 28.7 Å². The zero-order valence-electron chi connectivity index (χ0n) is 7.12. The summed E-state index contributed by atoms with van der Waals surface area (Å²) in [6, 6.07) is 2.24. The SMILES string of the molecule is Nc1c(OC(F)F)cc(Br)cc1[N+](=O)[O-]. The lowest BCUT2D eigenvalue weighted by Crippen LogP contribution is -2.06. The molecule has 1 rings (SSSR count). The summed E-state index contributed by atoms with van der Waals surface area (Å²) in [7, 11) is 0. The Bertz CT molecular complexity index is 400. The molecular formula is C7H5BrF2N2O3. The first kappa shape index (κ1) is 11.6. The minimum atomic E-state index is -3.08. The molecule has 0 bridgehead atoms. The molecule has 0 fully saturated rings. The molecule has 0 aromatic heterocycles. The van der Waals surface area contributed by atoms with Crippen LogP contribution in [0.25, 0.3) is 0 Å². The minimum Gasteiger partial charge on any atom is -0.432 e. The summed E-state index contributed by atoms with van der Waals surface area (Å²) in [6.45, 7) is -3.08. The number of hydrogen-bond donors (Lipinski definition) is 1. The van der Waals surface area contributed by atoms with Crippen molar-refractivity contribution in [2.45, 2.75) is 6.61 Å². The fourth-order valence-electron chi connectivity index (χ4n) is 0.924. The van der Waals surface area contributed by atoms with Gasteiger partial charge >= 0.3 is 6.61 Å². The Balaban J connectivity index is 3.22. The van der Waals surface area contributed by atoms with Crippen LogP contribution in [0.15, 0.2) is 16.6 Å². The highest BCUT2D eigenvalue weighted by molar-refractivity contribution is 9.10. The van der Waals surface area contributed by atoms with Crippen LogP contribution >= 0.6 is 15.9 Å². The number of ether oxygens (including phenoxy) is 1. The van der Waals surface area contributed by atoms with E-state index in [4.69, 9.17) is 5.73 Å². The van der Waals surface area contributed by atoms with E-state index in [0.717, 1.165) is 12.1 Å². The molecule has 0 saturated carbocycles. The van der Waals surface area contributed by atoms with Gasteiger partial charge in [-0.25, -0.2) is 0 Å². The Morgan fingerprint density at radius 3 is 2.60 bits per heavy atom. The molecule has 15 heavy (non-hydrogen) atoms. The van der Waals surface area contributed by atoms with Gasteiger partial charge in [0.1, 0.15) is 0 Å². The molecule has 1 aromatic carbocycles. The van der Waals surface area contributed by atoms with Crippen molar-refractivity contribution in [3.05, 3.63) is 26.7 Å². The van der Waals surface area contributed by atoms with Gasteiger partial charge in [0.15, 0.2) is 11.4 Å². The molecule has 0 radical (unpaired) electrons. The summed E-state index contributed by atoms with van der Waals surface area (Å²) in [5, 5.41) is 10.5. The zero-order chi connectivity index (χ0) is 11.6. The third kappa shape index (κ3) is 2.75. The monoisotopic (exact) mass is 282 g/mol. The molecule has 0 aliphatic carbocycles. The number of rotatable bonds is 3. The Kier molecular flexibility index (Phi) is 3.40. The smallest absolute Gasteiger partial charge is 0.387 e. The first-order valence-corrected chi connectivity index (χ1v) is 4.39. The van der Waals surface area contributed by atoms with E-state index in [1.165, 1.54) is 0 Å². The number of anilines is 1. The quantitative estimate of drug-likeness (QED) is 0.525. The van der Waals surface area contributed by atoms with Gasteiger partial charge in [0.05, 0.1) is 4.92 Å². The molecule has 0 aliphatic rings. The highest BCUT2D eigenvalue weighted by atomic mass is 79.9. The van der Waals surface area contributed by atoms with Crippen molar-refractivity contribution in [1.29, 1.82) is 0 Å². The summed E-state index contributed by atoms with van der Waals surface area (Å²) >= 11 is 2.92. The third-order valence-corrected chi connectivity index (χ3v) is 1.96. The highest BCUT2D eigenvalue weighted by Crippen LogP contribution is 2.35. The minimum absolute atomic E-state index is 0.235. The first-order chi connectivity index (χ1) is 6.91. The van der Waals surface area contributed by atoms with Crippen molar-refractivity contribution >= 4 is 27.3 Å². The van der Waals surface area contributed by atoms with E-state index in [1.807, 2.05) is 0 Å². The Hall–Kier alpha value is -1.44. The molecule has 0 amide bonds. The largest absolute Gasteiger partial charge is 0.432 e. The van der Waals surface area contributed by atoms with Crippen molar-refractivity contribution in [3.8, 4) is 5.75 Å². The highest BCUT2D eigenvalue weighted by Gasteiger charge is 2.19. The second-order valence-electron chi connectivity index (χ2n) is 2.47. The fraction of sp³-hybridized carbons (Fsp3) is 0.143. The van der Waals surface area contributed by atoms with Crippen LogP contribution in [0.1, 0.15) is 0 Å². The van der Waals surface area contributed by atoms with Gasteiger partial charge in [0.2, 0.25) is 0 Å². The van der Waals surface area contributed by atoms with E-state index in [1.54, 1.807) is 0 Å². The van der Waals surface area contributed by atoms with E-state index in [9.17, 15) is 18.9 Å². The second kappa shape index (κ2) is 4.39. The summed E-state index contributed by atoms with van der Waals surface area (Å²) < 4.78 is 28.1. The first-order valence-electron chi connectivity index (χ1n) is 3.60. The van der Waals surface area contributed by atoms with Crippen LogP contribution in [0.2, 0.25) is 0 Å². The molecule has 0 saturated heterocycles. The molecule has 0 atom stereocenters. The zero-order valence-corrected chi connectivity index (χ0v) is 8.70. The lowest BCUT2D eigenvalue weighted by molar-refractivity contribution is -0.384. The summed E-state index contributed by atoms with van der Waals surface area (Å²) in [4.78, 5) is 9.69. The number of halogens is 3. The summed E-state index contributed by atoms with van der Waals surface area (Å²) in [5.74, 6) is -0.425. The molecule has 1 aromatic rings. The maximum Gasteiger partial charge on any atom is 0.387 e. The average molecular weight is 283 g/mol. The van der Waals surface area contributed by atoms with Crippen LogP contribution in [0, 0.1) is 10.1 Å². The van der Waals surface area contributed by atoms with Crippen LogP contribution in [-0.4, -0.2) is 11.5 Å². The van der Waals surface area contributed by atoms with E-state index in [0.29, 0.717) is 0 Å². The van der Waals surface area contributed by atoms with Gasteiger partial charge in [-0.15, -0.1) is 0 Å². The lowest BCUT2D eigenvalue weighted by Gasteiger charge is -2.08. The molecule has 0 unspecified atom stereocenters. The second-order valence-corrected chi connectivity index (χ2v) is 3.39. The van der Waals surface area contributed by atoms with Gasteiger partial charge in [-0.2, -0.15) is 8.78 Å². The number of nitrogens with two attached hydrogens (primary N) is 1. The topological polar surface area (TPSA) is 78.4 Å². The number of nitrogen functional groups attached to an aromatic ring is 1. The van der Waals surface area contributed by atoms with Crippen LogP contribution in [-0.2, 0) is 0 Å². The van der Waals surface area contributed by atoms with Gasteiger partial charge < -0.3 is 10.5 Å². The van der Waals surface area contributed by atoms with Crippen molar-refractivity contribution in [1.82, 2.24) is 0 Å². The molecule has 0 spiro atoms. The molecule has 2 N–H and O–H groups in total. The Morgan fingerprint density at radius 1 is 1.53 bits per heavy atom. The van der Waals surface area contributed by atoms with Gasteiger partial charge in [-0.1, -0.05) is 15.9 Å². The average Bonchev–Trinajstić information content (AvgIpc) is 2.09. The number of nitrogens with zero attached hydrogens (tertiary/aromatic N) is 1. The Morgan fingerprint density at radius 2 is 2.13 bits per heavy atom. The van der Waals surface area contributed by atoms with Crippen molar-refractivity contribution < 1.29 is 18.4 Å². The summed E-state index contributed by atoms with van der Waals surface area (Å²) in [5.41, 5.74) is 4.37. The van der Waals surface area contributed by atoms with Crippen molar-refractivity contribution in [2.75, 3.05) is 5.73 Å². The predicted octanol–water partition coefficient (Wildman–Crippen LogP) is 2.54. The van der Waals surface area contributed by atoms with Crippen molar-refractivity contribution in [3.63, 3.8) is 0 Å². The predicted molar refractivity (Wildman–Crippen MR) is 51.8 cm³/mol. The van der Waals surface area contributed by atoms with E-state index >= 15 is 0 Å². The van der Waals surface area contributed by atoms with Crippen LogP contribution < -0.4 is 10.5 Å². The van der Waals surface area contributed by atoms with Crippen LogP contribution in [0.3, 0.4) is 0 Å². The van der Waals surface area contributed by atoms with Gasteiger partial charge in [-0.3, -0.25) is 10.1 Å². The van der Waals surface area contributed by atoms with Crippen molar-refractivity contribution in [2.24, 2.45) is 0 Å². The maximum atomic E-state index is 11.9. The Labute approximate surface area is 91.1 Å². The maximum absolute atomic E-state index is 11.9. The van der Waals surface area contributed by atoms with Gasteiger partial charge in [-0.05, 0) is 6.07 Å². The lowest BCUT2D eigenvalue weighted by atomic mass is 10.2. The molecule has 82 valence electrons.